The molecule has 0 aromatic rings. The van der Waals surface area contributed by atoms with Crippen molar-refractivity contribution in [2.45, 2.75) is 71.8 Å². The van der Waals surface area contributed by atoms with Crippen LogP contribution in [0.2, 0.25) is 0 Å². The summed E-state index contributed by atoms with van der Waals surface area (Å²) in [6.07, 6.45) is 13.2. The van der Waals surface area contributed by atoms with Gasteiger partial charge in [0, 0.05) is 18.3 Å². The van der Waals surface area contributed by atoms with Gasteiger partial charge in [-0.1, -0.05) is 32.9 Å². The Hall–Kier alpha value is -1.38. The van der Waals surface area contributed by atoms with Crippen LogP contribution >= 0.6 is 0 Å². The number of fused-ring (bicyclic) bond motifs is 5. The van der Waals surface area contributed by atoms with Crippen LogP contribution in [0.1, 0.15) is 65.7 Å². The average molecular weight is 342 g/mol. The molecule has 2 saturated carbocycles. The standard InChI is InChI=1S/C22H30O3/c1-4-20(24)25-19-8-7-17-16-6-5-14-13-15(23)9-11-21(14,2)18(16)10-12-22(17,19)3/h5-6,13,16-19H,4,7-12H2,1-3H3/t16?,17?,18?,19-,21-,22-/m0/s1. The summed E-state index contributed by atoms with van der Waals surface area (Å²) < 4.78 is 5.84. The van der Waals surface area contributed by atoms with Crippen molar-refractivity contribution in [2.75, 3.05) is 0 Å². The van der Waals surface area contributed by atoms with Crippen LogP contribution in [0.5, 0.6) is 0 Å². The minimum Gasteiger partial charge on any atom is -0.462 e. The van der Waals surface area contributed by atoms with Gasteiger partial charge in [-0.3, -0.25) is 9.59 Å². The number of carbonyl (C=O) groups is 2. The second kappa shape index (κ2) is 5.82. The maximum atomic E-state index is 11.9. The molecule has 0 spiro atoms. The summed E-state index contributed by atoms with van der Waals surface area (Å²) in [5.74, 6) is 1.99. The monoisotopic (exact) mass is 342 g/mol. The molecule has 0 aliphatic heterocycles. The van der Waals surface area contributed by atoms with Crippen LogP contribution in [0.15, 0.2) is 23.8 Å². The Labute approximate surface area is 150 Å². The molecule has 0 aromatic carbocycles. The molecule has 4 aliphatic carbocycles. The maximum Gasteiger partial charge on any atom is 0.305 e. The van der Waals surface area contributed by atoms with Crippen molar-refractivity contribution in [1.82, 2.24) is 0 Å². The van der Waals surface area contributed by atoms with Crippen LogP contribution in [0.4, 0.5) is 0 Å². The van der Waals surface area contributed by atoms with Gasteiger partial charge >= 0.3 is 5.97 Å². The van der Waals surface area contributed by atoms with E-state index in [1.54, 1.807) is 0 Å². The molecule has 0 heterocycles. The molecule has 0 saturated heterocycles. The molecule has 3 heteroatoms. The van der Waals surface area contributed by atoms with Crippen LogP contribution < -0.4 is 0 Å². The predicted octanol–water partition coefficient (Wildman–Crippen LogP) is 4.62. The fraction of sp³-hybridized carbons (Fsp3) is 0.727. The van der Waals surface area contributed by atoms with E-state index in [0.29, 0.717) is 30.6 Å². The number of carbonyl (C=O) groups excluding carboxylic acids is 2. The summed E-state index contributed by atoms with van der Waals surface area (Å²) in [4.78, 5) is 23.7. The van der Waals surface area contributed by atoms with Gasteiger partial charge in [0.1, 0.15) is 6.10 Å². The molecular weight excluding hydrogens is 312 g/mol. The molecule has 25 heavy (non-hydrogen) atoms. The van der Waals surface area contributed by atoms with E-state index in [2.05, 4.69) is 26.0 Å². The highest BCUT2D eigenvalue weighted by Gasteiger charge is 2.58. The van der Waals surface area contributed by atoms with Gasteiger partial charge in [0.05, 0.1) is 0 Å². The average Bonchev–Trinajstić information content (AvgIpc) is 2.92. The zero-order chi connectivity index (χ0) is 17.8. The molecule has 136 valence electrons. The lowest BCUT2D eigenvalue weighted by atomic mass is 9.49. The zero-order valence-corrected chi connectivity index (χ0v) is 15.7. The van der Waals surface area contributed by atoms with Crippen LogP contribution in [0.3, 0.4) is 0 Å². The number of rotatable bonds is 2. The lowest BCUT2D eigenvalue weighted by molar-refractivity contribution is -0.158. The Morgan fingerprint density at radius 2 is 2.00 bits per heavy atom. The quantitative estimate of drug-likeness (QED) is 0.688. The lowest BCUT2D eigenvalue weighted by Gasteiger charge is -2.55. The second-order valence-corrected chi connectivity index (χ2v) is 9.09. The summed E-state index contributed by atoms with van der Waals surface area (Å²) in [6, 6.07) is 0. The van der Waals surface area contributed by atoms with E-state index in [9.17, 15) is 9.59 Å². The molecule has 4 rings (SSSR count). The van der Waals surface area contributed by atoms with Crippen molar-refractivity contribution in [2.24, 2.45) is 28.6 Å². The summed E-state index contributed by atoms with van der Waals surface area (Å²) in [5.41, 5.74) is 1.51. The Kier molecular flexibility index (Phi) is 3.97. The summed E-state index contributed by atoms with van der Waals surface area (Å²) >= 11 is 0. The number of ketones is 1. The largest absolute Gasteiger partial charge is 0.462 e. The predicted molar refractivity (Wildman–Crippen MR) is 96.8 cm³/mol. The molecule has 6 atom stereocenters. The molecule has 0 aromatic heterocycles. The van der Waals surface area contributed by atoms with Crippen molar-refractivity contribution < 1.29 is 14.3 Å². The minimum absolute atomic E-state index is 0.0591. The fourth-order valence-electron chi connectivity index (χ4n) is 6.38. The first-order chi connectivity index (χ1) is 11.9. The third-order valence-corrected chi connectivity index (χ3v) is 7.99. The minimum atomic E-state index is -0.0591. The van der Waals surface area contributed by atoms with Crippen molar-refractivity contribution in [3.63, 3.8) is 0 Å². The van der Waals surface area contributed by atoms with E-state index < -0.39 is 0 Å². The Bertz CT molecular complexity index is 660. The number of allylic oxidation sites excluding steroid dienone is 4. The topological polar surface area (TPSA) is 43.4 Å². The summed E-state index contributed by atoms with van der Waals surface area (Å²) in [7, 11) is 0. The number of hydrogen-bond donors (Lipinski definition) is 0. The van der Waals surface area contributed by atoms with Gasteiger partial charge < -0.3 is 4.74 Å². The van der Waals surface area contributed by atoms with E-state index in [-0.39, 0.29) is 28.7 Å². The maximum absolute atomic E-state index is 11.9. The molecule has 0 radical (unpaired) electrons. The number of ether oxygens (including phenoxy) is 1. The number of hydrogen-bond acceptors (Lipinski definition) is 3. The highest BCUT2D eigenvalue weighted by molar-refractivity contribution is 5.92. The molecule has 0 amide bonds. The highest BCUT2D eigenvalue weighted by atomic mass is 16.5. The van der Waals surface area contributed by atoms with E-state index in [4.69, 9.17) is 4.74 Å². The van der Waals surface area contributed by atoms with Gasteiger partial charge in [-0.05, 0) is 66.9 Å². The normalized spacial score (nSPS) is 45.2. The van der Waals surface area contributed by atoms with E-state index >= 15 is 0 Å². The zero-order valence-electron chi connectivity index (χ0n) is 15.7. The Balaban J connectivity index is 1.64. The van der Waals surface area contributed by atoms with Gasteiger partial charge in [0.25, 0.3) is 0 Å². The van der Waals surface area contributed by atoms with Crippen molar-refractivity contribution >= 4 is 11.8 Å². The SMILES string of the molecule is CCC(=O)O[C@H]1CCC2C3C=CC4=CC(=O)CC[C@]4(C)C3CC[C@@]21C. The molecule has 0 N–H and O–H groups in total. The van der Waals surface area contributed by atoms with Gasteiger partial charge in [-0.2, -0.15) is 0 Å². The molecule has 0 bridgehead atoms. The van der Waals surface area contributed by atoms with Gasteiger partial charge in [-0.15, -0.1) is 0 Å². The van der Waals surface area contributed by atoms with E-state index in [1.165, 1.54) is 12.0 Å². The Morgan fingerprint density at radius 1 is 1.20 bits per heavy atom. The Morgan fingerprint density at radius 3 is 2.76 bits per heavy atom. The molecule has 3 nitrogen and oxygen atoms in total. The first-order valence-corrected chi connectivity index (χ1v) is 10.0. The first kappa shape index (κ1) is 17.1. The van der Waals surface area contributed by atoms with E-state index in [0.717, 1.165) is 25.7 Å². The van der Waals surface area contributed by atoms with Crippen LogP contribution in [0, 0.1) is 28.6 Å². The van der Waals surface area contributed by atoms with Crippen molar-refractivity contribution in [1.29, 1.82) is 0 Å². The van der Waals surface area contributed by atoms with E-state index in [1.807, 2.05) is 13.0 Å². The van der Waals surface area contributed by atoms with Gasteiger partial charge in [0.15, 0.2) is 5.78 Å². The van der Waals surface area contributed by atoms with Crippen molar-refractivity contribution in [3.05, 3.63) is 23.8 Å². The summed E-state index contributed by atoms with van der Waals surface area (Å²) in [5, 5.41) is 0. The highest BCUT2D eigenvalue weighted by Crippen LogP contribution is 2.64. The molecule has 4 aliphatic rings. The first-order valence-electron chi connectivity index (χ1n) is 10.0. The lowest BCUT2D eigenvalue weighted by Crippen LogP contribution is -2.50. The van der Waals surface area contributed by atoms with Crippen molar-refractivity contribution in [3.8, 4) is 0 Å². The second-order valence-electron chi connectivity index (χ2n) is 9.09. The molecule has 2 fully saturated rings. The number of esters is 1. The fourth-order valence-corrected chi connectivity index (χ4v) is 6.38. The van der Waals surface area contributed by atoms with Crippen LogP contribution in [-0.4, -0.2) is 17.9 Å². The third kappa shape index (κ3) is 2.45. The smallest absolute Gasteiger partial charge is 0.305 e. The third-order valence-electron chi connectivity index (χ3n) is 7.99. The van der Waals surface area contributed by atoms with Crippen LogP contribution in [0.25, 0.3) is 0 Å². The molecular formula is C22H30O3. The molecule has 3 unspecified atom stereocenters. The van der Waals surface area contributed by atoms with Gasteiger partial charge in [0.2, 0.25) is 0 Å². The summed E-state index contributed by atoms with van der Waals surface area (Å²) in [6.45, 7) is 6.59. The van der Waals surface area contributed by atoms with Gasteiger partial charge in [-0.25, -0.2) is 0 Å². The van der Waals surface area contributed by atoms with Crippen LogP contribution in [-0.2, 0) is 14.3 Å².